The smallest absolute Gasteiger partial charge is 0.129 e. The third kappa shape index (κ3) is 3.55. The first-order chi connectivity index (χ1) is 8.26. The van der Waals surface area contributed by atoms with Gasteiger partial charge in [-0.3, -0.25) is 0 Å². The molecule has 17 heavy (non-hydrogen) atoms. The van der Waals surface area contributed by atoms with Gasteiger partial charge in [0.2, 0.25) is 0 Å². The van der Waals surface area contributed by atoms with E-state index < -0.39 is 0 Å². The standard InChI is InChI=1S/C14H22O3/c1-5-6-7-8-12-13(16-3)9-11(15-2)10-14(12)17-4/h9-10H,5-8H2,1-4H3. The summed E-state index contributed by atoms with van der Waals surface area (Å²) in [6.07, 6.45) is 4.55. The van der Waals surface area contributed by atoms with Gasteiger partial charge in [0.05, 0.1) is 21.3 Å². The molecule has 0 heterocycles. The Kier molecular flexibility index (Phi) is 5.67. The number of hydrogen-bond donors (Lipinski definition) is 0. The zero-order valence-corrected chi connectivity index (χ0v) is 11.2. The van der Waals surface area contributed by atoms with Gasteiger partial charge in [-0.2, -0.15) is 0 Å². The van der Waals surface area contributed by atoms with E-state index in [-0.39, 0.29) is 0 Å². The summed E-state index contributed by atoms with van der Waals surface area (Å²) in [5, 5.41) is 0. The molecule has 1 rings (SSSR count). The molecule has 0 spiro atoms. The van der Waals surface area contributed by atoms with E-state index in [1.807, 2.05) is 12.1 Å². The summed E-state index contributed by atoms with van der Waals surface area (Å²) in [4.78, 5) is 0. The molecule has 0 amide bonds. The first kappa shape index (κ1) is 13.7. The van der Waals surface area contributed by atoms with Crippen molar-refractivity contribution in [2.24, 2.45) is 0 Å². The lowest BCUT2D eigenvalue weighted by Crippen LogP contribution is -1.98. The molecule has 96 valence electrons. The summed E-state index contributed by atoms with van der Waals surface area (Å²) < 4.78 is 16.0. The molecule has 0 aliphatic rings. The number of ether oxygens (including phenoxy) is 3. The minimum atomic E-state index is 0.762. The van der Waals surface area contributed by atoms with Crippen LogP contribution in [0.5, 0.6) is 17.2 Å². The van der Waals surface area contributed by atoms with E-state index in [1.165, 1.54) is 12.8 Å². The van der Waals surface area contributed by atoms with Crippen LogP contribution >= 0.6 is 0 Å². The summed E-state index contributed by atoms with van der Waals surface area (Å²) in [6, 6.07) is 3.81. The maximum Gasteiger partial charge on any atom is 0.129 e. The summed E-state index contributed by atoms with van der Waals surface area (Å²) in [6.45, 7) is 2.20. The summed E-state index contributed by atoms with van der Waals surface area (Å²) >= 11 is 0. The fourth-order valence-corrected chi connectivity index (χ4v) is 1.88. The largest absolute Gasteiger partial charge is 0.496 e. The Morgan fingerprint density at radius 1 is 0.882 bits per heavy atom. The first-order valence-electron chi connectivity index (χ1n) is 6.05. The molecule has 0 saturated heterocycles. The van der Waals surface area contributed by atoms with Crippen LogP contribution < -0.4 is 14.2 Å². The van der Waals surface area contributed by atoms with Crippen molar-refractivity contribution in [2.75, 3.05) is 21.3 Å². The first-order valence-corrected chi connectivity index (χ1v) is 6.05. The maximum atomic E-state index is 5.40. The van der Waals surface area contributed by atoms with Crippen LogP contribution in [0, 0.1) is 0 Å². The minimum Gasteiger partial charge on any atom is -0.496 e. The van der Waals surface area contributed by atoms with Crippen molar-refractivity contribution >= 4 is 0 Å². The van der Waals surface area contributed by atoms with Gasteiger partial charge in [-0.05, 0) is 12.8 Å². The predicted octanol–water partition coefficient (Wildman–Crippen LogP) is 3.45. The molecule has 0 aliphatic heterocycles. The quantitative estimate of drug-likeness (QED) is 0.681. The molecule has 0 N–H and O–H groups in total. The Morgan fingerprint density at radius 2 is 1.47 bits per heavy atom. The van der Waals surface area contributed by atoms with Gasteiger partial charge in [0.25, 0.3) is 0 Å². The molecule has 3 nitrogen and oxygen atoms in total. The molecule has 0 bridgehead atoms. The number of rotatable bonds is 7. The summed E-state index contributed by atoms with van der Waals surface area (Å²) in [5.74, 6) is 2.45. The molecule has 0 aliphatic carbocycles. The third-order valence-corrected chi connectivity index (χ3v) is 2.85. The van der Waals surface area contributed by atoms with E-state index in [0.717, 1.165) is 35.7 Å². The highest BCUT2D eigenvalue weighted by Gasteiger charge is 2.12. The highest BCUT2D eigenvalue weighted by Crippen LogP contribution is 2.35. The Balaban J connectivity index is 2.98. The highest BCUT2D eigenvalue weighted by molar-refractivity contribution is 5.50. The molecule has 0 radical (unpaired) electrons. The van der Waals surface area contributed by atoms with E-state index in [2.05, 4.69) is 6.92 Å². The number of unbranched alkanes of at least 4 members (excludes halogenated alkanes) is 2. The van der Waals surface area contributed by atoms with Crippen molar-refractivity contribution in [2.45, 2.75) is 32.6 Å². The van der Waals surface area contributed by atoms with Crippen LogP contribution in [0.1, 0.15) is 31.7 Å². The zero-order valence-electron chi connectivity index (χ0n) is 11.2. The molecule has 3 heteroatoms. The van der Waals surface area contributed by atoms with Gasteiger partial charge < -0.3 is 14.2 Å². The number of hydrogen-bond acceptors (Lipinski definition) is 3. The second-order valence-electron chi connectivity index (χ2n) is 3.97. The fraction of sp³-hybridized carbons (Fsp3) is 0.571. The predicted molar refractivity (Wildman–Crippen MR) is 69.3 cm³/mol. The van der Waals surface area contributed by atoms with Crippen LogP contribution in [0.15, 0.2) is 12.1 Å². The average Bonchev–Trinajstić information content (AvgIpc) is 2.38. The highest BCUT2D eigenvalue weighted by atomic mass is 16.5. The van der Waals surface area contributed by atoms with Crippen LogP contribution in [0.25, 0.3) is 0 Å². The molecular formula is C14H22O3. The molecule has 0 unspecified atom stereocenters. The van der Waals surface area contributed by atoms with Crippen LogP contribution in [0.4, 0.5) is 0 Å². The average molecular weight is 238 g/mol. The van der Waals surface area contributed by atoms with Gasteiger partial charge in [-0.25, -0.2) is 0 Å². The molecule has 0 atom stereocenters. The maximum absolute atomic E-state index is 5.40. The van der Waals surface area contributed by atoms with E-state index >= 15 is 0 Å². The lowest BCUT2D eigenvalue weighted by molar-refractivity contribution is 0.368. The SMILES string of the molecule is CCCCCc1c(OC)cc(OC)cc1OC. The van der Waals surface area contributed by atoms with E-state index in [0.29, 0.717) is 0 Å². The Labute approximate surface area is 104 Å². The van der Waals surface area contributed by atoms with Gasteiger partial charge in [-0.1, -0.05) is 19.8 Å². The normalized spacial score (nSPS) is 10.1. The minimum absolute atomic E-state index is 0.762. The van der Waals surface area contributed by atoms with Crippen molar-refractivity contribution in [3.8, 4) is 17.2 Å². The van der Waals surface area contributed by atoms with Gasteiger partial charge in [0, 0.05) is 17.7 Å². The lowest BCUT2D eigenvalue weighted by atomic mass is 10.0. The van der Waals surface area contributed by atoms with E-state index in [9.17, 15) is 0 Å². The van der Waals surface area contributed by atoms with Gasteiger partial charge >= 0.3 is 0 Å². The van der Waals surface area contributed by atoms with Crippen molar-refractivity contribution in [3.63, 3.8) is 0 Å². The fourth-order valence-electron chi connectivity index (χ4n) is 1.88. The molecule has 0 fully saturated rings. The summed E-state index contributed by atoms with van der Waals surface area (Å²) in [7, 11) is 5.00. The van der Waals surface area contributed by atoms with Crippen LogP contribution in [0.3, 0.4) is 0 Å². The van der Waals surface area contributed by atoms with Crippen LogP contribution in [-0.2, 0) is 6.42 Å². The van der Waals surface area contributed by atoms with Crippen LogP contribution in [-0.4, -0.2) is 21.3 Å². The molecule has 0 saturated carbocycles. The van der Waals surface area contributed by atoms with Gasteiger partial charge in [0.15, 0.2) is 0 Å². The monoisotopic (exact) mass is 238 g/mol. The van der Waals surface area contributed by atoms with Crippen molar-refractivity contribution in [1.82, 2.24) is 0 Å². The topological polar surface area (TPSA) is 27.7 Å². The Hall–Kier alpha value is -1.38. The second-order valence-corrected chi connectivity index (χ2v) is 3.97. The molecular weight excluding hydrogens is 216 g/mol. The zero-order chi connectivity index (χ0) is 12.7. The lowest BCUT2D eigenvalue weighted by Gasteiger charge is -2.14. The van der Waals surface area contributed by atoms with E-state index in [1.54, 1.807) is 21.3 Å². The number of benzene rings is 1. The second kappa shape index (κ2) is 7.05. The van der Waals surface area contributed by atoms with Crippen molar-refractivity contribution in [1.29, 1.82) is 0 Å². The summed E-state index contributed by atoms with van der Waals surface area (Å²) in [5.41, 5.74) is 1.13. The van der Waals surface area contributed by atoms with Crippen LogP contribution in [0.2, 0.25) is 0 Å². The molecule has 1 aromatic carbocycles. The van der Waals surface area contributed by atoms with Gasteiger partial charge in [0.1, 0.15) is 17.2 Å². The third-order valence-electron chi connectivity index (χ3n) is 2.85. The molecule has 0 aromatic heterocycles. The van der Waals surface area contributed by atoms with E-state index in [4.69, 9.17) is 14.2 Å². The Morgan fingerprint density at radius 3 is 1.88 bits per heavy atom. The Bertz CT molecular complexity index is 322. The van der Waals surface area contributed by atoms with Gasteiger partial charge in [-0.15, -0.1) is 0 Å². The molecule has 1 aromatic rings. The number of methoxy groups -OCH3 is 3. The van der Waals surface area contributed by atoms with Crippen molar-refractivity contribution < 1.29 is 14.2 Å². The van der Waals surface area contributed by atoms with Crippen molar-refractivity contribution in [3.05, 3.63) is 17.7 Å².